The van der Waals surface area contributed by atoms with Gasteiger partial charge in [-0.2, -0.15) is 0 Å². The first-order valence-corrected chi connectivity index (χ1v) is 9.64. The molecule has 0 saturated carbocycles. The van der Waals surface area contributed by atoms with E-state index in [1.165, 1.54) is 0 Å². The van der Waals surface area contributed by atoms with E-state index in [1.807, 2.05) is 41.5 Å². The number of rotatable bonds is 8. The molecule has 1 aromatic carbocycles. The van der Waals surface area contributed by atoms with Crippen LogP contribution in [0.3, 0.4) is 0 Å². The minimum absolute atomic E-state index is 0.0162. The highest BCUT2D eigenvalue weighted by Gasteiger charge is 2.45. The second-order valence-corrected chi connectivity index (χ2v) is 8.64. The highest BCUT2D eigenvalue weighted by Crippen LogP contribution is 2.25. The van der Waals surface area contributed by atoms with Gasteiger partial charge in [0.25, 0.3) is 0 Å². The second-order valence-electron chi connectivity index (χ2n) is 6.22. The lowest BCUT2D eigenvalue weighted by atomic mass is 10.2. The summed E-state index contributed by atoms with van der Waals surface area (Å²) in [5.74, 6) is -3.17. The highest BCUT2D eigenvalue weighted by molar-refractivity contribution is 6.60. The Bertz CT molecular complexity index is 495. The zero-order valence-corrected chi connectivity index (χ0v) is 15.5. The van der Waals surface area contributed by atoms with Gasteiger partial charge in [-0.25, -0.2) is 13.2 Å². The zero-order valence-electron chi connectivity index (χ0n) is 14.5. The van der Waals surface area contributed by atoms with Gasteiger partial charge in [-0.15, -0.1) is 0 Å². The molecular weight excluding hydrogens is 325 g/mol. The molecular formula is C16H25F3O3Si. The highest BCUT2D eigenvalue weighted by atomic mass is 28.4. The normalized spacial score (nSPS) is 12.7. The van der Waals surface area contributed by atoms with Crippen LogP contribution in [0.5, 0.6) is 0 Å². The SMILES string of the molecule is CC(C)O[Si](Cc1cc(F)c(F)cc1F)(OC(C)C)OC(C)C. The van der Waals surface area contributed by atoms with Crippen molar-refractivity contribution in [3.05, 3.63) is 35.1 Å². The van der Waals surface area contributed by atoms with Crippen molar-refractivity contribution in [2.45, 2.75) is 65.9 Å². The van der Waals surface area contributed by atoms with E-state index >= 15 is 0 Å². The van der Waals surface area contributed by atoms with Crippen LogP contribution < -0.4 is 0 Å². The summed E-state index contributed by atoms with van der Waals surface area (Å²) in [5, 5.41) is 0. The van der Waals surface area contributed by atoms with Gasteiger partial charge in [-0.1, -0.05) is 0 Å². The maximum absolute atomic E-state index is 14.0. The van der Waals surface area contributed by atoms with Crippen molar-refractivity contribution < 1.29 is 26.4 Å². The largest absolute Gasteiger partial charge is 0.506 e. The van der Waals surface area contributed by atoms with E-state index in [-0.39, 0.29) is 29.9 Å². The molecule has 0 aliphatic rings. The average molecular weight is 350 g/mol. The molecule has 0 radical (unpaired) electrons. The summed E-state index contributed by atoms with van der Waals surface area (Å²) in [5.41, 5.74) is -0.0162. The summed E-state index contributed by atoms with van der Waals surface area (Å²) in [6.45, 7) is 10.9. The van der Waals surface area contributed by atoms with Gasteiger partial charge >= 0.3 is 8.80 Å². The molecule has 3 nitrogen and oxygen atoms in total. The maximum Gasteiger partial charge on any atom is 0.506 e. The van der Waals surface area contributed by atoms with Gasteiger partial charge in [0.2, 0.25) is 0 Å². The van der Waals surface area contributed by atoms with Gasteiger partial charge in [-0.05, 0) is 53.2 Å². The Morgan fingerprint density at radius 1 is 0.739 bits per heavy atom. The minimum atomic E-state index is -3.33. The Hall–Kier alpha value is -0.893. The summed E-state index contributed by atoms with van der Waals surface area (Å²) in [6.07, 6.45) is -0.646. The van der Waals surface area contributed by atoms with Gasteiger partial charge in [-0.3, -0.25) is 0 Å². The lowest BCUT2D eigenvalue weighted by Crippen LogP contribution is -2.53. The third-order valence-corrected chi connectivity index (χ3v) is 6.05. The first-order valence-electron chi connectivity index (χ1n) is 7.71. The fourth-order valence-electron chi connectivity index (χ4n) is 2.22. The molecule has 0 saturated heterocycles. The van der Waals surface area contributed by atoms with Crippen molar-refractivity contribution in [2.24, 2.45) is 0 Å². The van der Waals surface area contributed by atoms with E-state index < -0.39 is 26.3 Å². The monoisotopic (exact) mass is 350 g/mol. The molecule has 0 bridgehead atoms. The van der Waals surface area contributed by atoms with E-state index in [9.17, 15) is 13.2 Å². The van der Waals surface area contributed by atoms with Crippen LogP contribution in [0, 0.1) is 17.5 Å². The van der Waals surface area contributed by atoms with Crippen molar-refractivity contribution in [3.63, 3.8) is 0 Å². The third kappa shape index (κ3) is 6.25. The average Bonchev–Trinajstić information content (AvgIpc) is 2.32. The predicted molar refractivity (Wildman–Crippen MR) is 84.4 cm³/mol. The van der Waals surface area contributed by atoms with Crippen LogP contribution in [0.4, 0.5) is 13.2 Å². The molecule has 0 heterocycles. The zero-order chi connectivity index (χ0) is 17.8. The molecule has 0 amide bonds. The molecule has 1 rings (SSSR count). The van der Waals surface area contributed by atoms with Crippen molar-refractivity contribution in [2.75, 3.05) is 0 Å². The molecule has 132 valence electrons. The van der Waals surface area contributed by atoms with E-state index in [1.54, 1.807) is 0 Å². The van der Waals surface area contributed by atoms with Gasteiger partial charge in [0.1, 0.15) is 5.82 Å². The summed E-state index contributed by atoms with van der Waals surface area (Å²) in [6, 6.07) is 1.30. The fourth-order valence-corrected chi connectivity index (χ4v) is 5.53. The van der Waals surface area contributed by atoms with E-state index in [0.29, 0.717) is 6.07 Å². The summed E-state index contributed by atoms with van der Waals surface area (Å²) in [4.78, 5) is 0. The molecule has 0 aromatic heterocycles. The second kappa shape index (κ2) is 8.28. The Balaban J connectivity index is 3.23. The summed E-state index contributed by atoms with van der Waals surface area (Å²) in [7, 11) is -3.33. The molecule has 0 unspecified atom stereocenters. The molecule has 0 fully saturated rings. The number of benzene rings is 1. The quantitative estimate of drug-likeness (QED) is 0.514. The van der Waals surface area contributed by atoms with Crippen molar-refractivity contribution in [3.8, 4) is 0 Å². The van der Waals surface area contributed by atoms with Crippen molar-refractivity contribution in [1.29, 1.82) is 0 Å². The fraction of sp³-hybridized carbons (Fsp3) is 0.625. The maximum atomic E-state index is 14.0. The predicted octanol–water partition coefficient (Wildman–Crippen LogP) is 4.40. The lowest BCUT2D eigenvalue weighted by Gasteiger charge is -2.34. The van der Waals surface area contributed by atoms with Crippen LogP contribution in [0.15, 0.2) is 12.1 Å². The molecule has 0 atom stereocenters. The molecule has 0 aliphatic carbocycles. The number of hydrogen-bond donors (Lipinski definition) is 0. The lowest BCUT2D eigenvalue weighted by molar-refractivity contribution is 0.00215. The van der Waals surface area contributed by atoms with Gasteiger partial charge in [0.05, 0.1) is 0 Å². The van der Waals surface area contributed by atoms with Crippen LogP contribution in [-0.4, -0.2) is 27.1 Å². The van der Waals surface area contributed by atoms with Crippen LogP contribution in [0.1, 0.15) is 47.1 Å². The Morgan fingerprint density at radius 2 is 1.13 bits per heavy atom. The van der Waals surface area contributed by atoms with E-state index in [0.717, 1.165) is 6.07 Å². The standard InChI is InChI=1S/C16H25F3O3Si/c1-10(2)20-23(21-11(3)4,22-12(5)6)9-13-7-15(18)16(19)8-14(13)17/h7-8,10-12H,9H2,1-6H3. The Kier molecular flexibility index (Phi) is 7.25. The van der Waals surface area contributed by atoms with Crippen LogP contribution >= 0.6 is 0 Å². The van der Waals surface area contributed by atoms with Crippen molar-refractivity contribution in [1.82, 2.24) is 0 Å². The molecule has 0 N–H and O–H groups in total. The van der Waals surface area contributed by atoms with Crippen LogP contribution in [-0.2, 0) is 19.3 Å². The first-order chi connectivity index (χ1) is 10.5. The Labute approximate surface area is 137 Å². The van der Waals surface area contributed by atoms with Crippen molar-refractivity contribution >= 4 is 8.80 Å². The summed E-state index contributed by atoms with van der Waals surface area (Å²) < 4.78 is 58.3. The van der Waals surface area contributed by atoms with E-state index in [2.05, 4.69) is 0 Å². The minimum Gasteiger partial charge on any atom is -0.371 e. The number of halogens is 3. The van der Waals surface area contributed by atoms with Crippen LogP contribution in [0.2, 0.25) is 0 Å². The molecule has 0 spiro atoms. The van der Waals surface area contributed by atoms with Gasteiger partial charge in [0, 0.05) is 30.4 Å². The molecule has 7 heteroatoms. The smallest absolute Gasteiger partial charge is 0.371 e. The van der Waals surface area contributed by atoms with Gasteiger partial charge in [0.15, 0.2) is 11.6 Å². The number of hydrogen-bond acceptors (Lipinski definition) is 3. The Morgan fingerprint density at radius 3 is 1.52 bits per heavy atom. The molecule has 23 heavy (non-hydrogen) atoms. The molecule has 0 aliphatic heterocycles. The van der Waals surface area contributed by atoms with Gasteiger partial charge < -0.3 is 13.3 Å². The third-order valence-electron chi connectivity index (χ3n) is 2.74. The van der Waals surface area contributed by atoms with E-state index in [4.69, 9.17) is 13.3 Å². The van der Waals surface area contributed by atoms with Crippen LogP contribution in [0.25, 0.3) is 0 Å². The first kappa shape index (κ1) is 20.2. The molecule has 1 aromatic rings. The summed E-state index contributed by atoms with van der Waals surface area (Å²) >= 11 is 0. The topological polar surface area (TPSA) is 27.7 Å².